The summed E-state index contributed by atoms with van der Waals surface area (Å²) in [5.41, 5.74) is 1.32. The summed E-state index contributed by atoms with van der Waals surface area (Å²) in [5, 5.41) is 1.00. The van der Waals surface area contributed by atoms with Crippen LogP contribution in [0.3, 0.4) is 0 Å². The number of H-pyrrole nitrogens is 1. The molecule has 3 rings (SSSR count). The third-order valence-corrected chi connectivity index (χ3v) is 5.43. The molecule has 1 aliphatic heterocycles. The normalized spacial score (nSPS) is 35.3. The van der Waals surface area contributed by atoms with Crippen molar-refractivity contribution in [3.05, 3.63) is 18.2 Å². The van der Waals surface area contributed by atoms with E-state index in [4.69, 9.17) is 0 Å². The Balaban J connectivity index is 1.59. The molecule has 1 saturated heterocycles. The second-order valence-corrected chi connectivity index (χ2v) is 6.27. The van der Waals surface area contributed by atoms with Crippen LogP contribution >= 0.6 is 11.8 Å². The molecule has 1 aromatic heterocycles. The summed E-state index contributed by atoms with van der Waals surface area (Å²) in [6.07, 6.45) is 10.8. The van der Waals surface area contributed by atoms with E-state index in [2.05, 4.69) is 21.7 Å². The summed E-state index contributed by atoms with van der Waals surface area (Å²) in [6, 6.07) is 0. The number of nitrogens with zero attached hydrogens (tertiary/aromatic N) is 1. The molecular formula is C12H18N2S. The van der Waals surface area contributed by atoms with E-state index in [-0.39, 0.29) is 0 Å². The first-order valence-electron chi connectivity index (χ1n) is 6.00. The van der Waals surface area contributed by atoms with Gasteiger partial charge in [-0.05, 0) is 49.7 Å². The van der Waals surface area contributed by atoms with Crippen molar-refractivity contribution in [2.75, 3.05) is 5.75 Å². The smallest absolute Gasteiger partial charge is 0.0921 e. The van der Waals surface area contributed by atoms with Gasteiger partial charge in [-0.3, -0.25) is 0 Å². The van der Waals surface area contributed by atoms with Crippen LogP contribution in [-0.4, -0.2) is 21.0 Å². The van der Waals surface area contributed by atoms with Crippen molar-refractivity contribution in [1.82, 2.24) is 9.97 Å². The fourth-order valence-corrected chi connectivity index (χ4v) is 4.68. The number of rotatable bonds is 2. The summed E-state index contributed by atoms with van der Waals surface area (Å²) in [4.78, 5) is 7.32. The molecule has 2 aliphatic rings. The van der Waals surface area contributed by atoms with E-state index >= 15 is 0 Å². The number of thioether (sulfide) groups is 1. The molecule has 2 fully saturated rings. The van der Waals surface area contributed by atoms with E-state index in [0.29, 0.717) is 0 Å². The van der Waals surface area contributed by atoms with Gasteiger partial charge in [-0.15, -0.1) is 0 Å². The molecule has 1 aromatic rings. The standard InChI is InChI=1S/C12H18N2S/c1-2-12-10(3-4-15-12)5-9(1)6-11-7-13-8-14-11/h7-10,12H,1-6H2,(H,13,14). The highest BCUT2D eigenvalue weighted by molar-refractivity contribution is 8.00. The Kier molecular flexibility index (Phi) is 2.74. The number of aromatic nitrogens is 2. The Morgan fingerprint density at radius 3 is 3.27 bits per heavy atom. The van der Waals surface area contributed by atoms with E-state index in [1.807, 2.05) is 6.20 Å². The SMILES string of the molecule is c1ncc(CC2CCC3SCCC3C2)[nH]1. The van der Waals surface area contributed by atoms with Crippen LogP contribution in [0.2, 0.25) is 0 Å². The lowest BCUT2D eigenvalue weighted by atomic mass is 9.78. The largest absolute Gasteiger partial charge is 0.348 e. The van der Waals surface area contributed by atoms with Gasteiger partial charge in [0.15, 0.2) is 0 Å². The van der Waals surface area contributed by atoms with Crippen molar-refractivity contribution in [3.63, 3.8) is 0 Å². The first kappa shape index (κ1) is 9.76. The molecule has 1 N–H and O–H groups in total. The molecule has 0 amide bonds. The van der Waals surface area contributed by atoms with Crippen LogP contribution in [0.15, 0.2) is 12.5 Å². The minimum atomic E-state index is 0.908. The molecule has 2 nitrogen and oxygen atoms in total. The predicted octanol–water partition coefficient (Wildman–Crippen LogP) is 2.87. The van der Waals surface area contributed by atoms with Gasteiger partial charge in [-0.2, -0.15) is 11.8 Å². The van der Waals surface area contributed by atoms with Gasteiger partial charge >= 0.3 is 0 Å². The van der Waals surface area contributed by atoms with Gasteiger partial charge in [0.25, 0.3) is 0 Å². The zero-order valence-electron chi connectivity index (χ0n) is 8.98. The molecule has 1 saturated carbocycles. The fraction of sp³-hybridized carbons (Fsp3) is 0.750. The predicted molar refractivity (Wildman–Crippen MR) is 64.0 cm³/mol. The Bertz CT molecular complexity index is 309. The lowest BCUT2D eigenvalue weighted by molar-refractivity contribution is 0.277. The summed E-state index contributed by atoms with van der Waals surface area (Å²) in [6.45, 7) is 0. The average molecular weight is 222 g/mol. The molecule has 15 heavy (non-hydrogen) atoms. The molecule has 3 atom stereocenters. The van der Waals surface area contributed by atoms with Gasteiger partial charge in [-0.1, -0.05) is 0 Å². The summed E-state index contributed by atoms with van der Waals surface area (Å²) >= 11 is 2.22. The lowest BCUT2D eigenvalue weighted by Gasteiger charge is -2.30. The Labute approximate surface area is 95.3 Å². The molecule has 82 valence electrons. The molecule has 1 aliphatic carbocycles. The van der Waals surface area contributed by atoms with Gasteiger partial charge in [0.1, 0.15) is 0 Å². The van der Waals surface area contributed by atoms with Crippen LogP contribution < -0.4 is 0 Å². The van der Waals surface area contributed by atoms with Gasteiger partial charge < -0.3 is 4.98 Å². The van der Waals surface area contributed by atoms with Crippen LogP contribution in [0.5, 0.6) is 0 Å². The van der Waals surface area contributed by atoms with Crippen LogP contribution in [-0.2, 0) is 6.42 Å². The van der Waals surface area contributed by atoms with E-state index in [1.165, 1.54) is 43.6 Å². The summed E-state index contributed by atoms with van der Waals surface area (Å²) in [5.74, 6) is 3.34. The molecule has 0 bridgehead atoms. The first-order chi connectivity index (χ1) is 7.42. The third-order valence-electron chi connectivity index (χ3n) is 3.91. The number of aromatic amines is 1. The maximum atomic E-state index is 4.09. The van der Waals surface area contributed by atoms with E-state index in [1.54, 1.807) is 6.33 Å². The molecule has 2 heterocycles. The number of hydrogen-bond acceptors (Lipinski definition) is 2. The minimum Gasteiger partial charge on any atom is -0.348 e. The maximum Gasteiger partial charge on any atom is 0.0921 e. The van der Waals surface area contributed by atoms with Gasteiger partial charge in [0.2, 0.25) is 0 Å². The molecule has 0 aromatic carbocycles. The highest BCUT2D eigenvalue weighted by atomic mass is 32.2. The van der Waals surface area contributed by atoms with Crippen LogP contribution in [0.25, 0.3) is 0 Å². The van der Waals surface area contributed by atoms with Crippen molar-refractivity contribution >= 4 is 11.8 Å². The molecule has 3 heteroatoms. The molecule has 0 spiro atoms. The van der Waals surface area contributed by atoms with Crippen LogP contribution in [0.4, 0.5) is 0 Å². The van der Waals surface area contributed by atoms with E-state index in [9.17, 15) is 0 Å². The fourth-order valence-electron chi connectivity index (χ4n) is 3.12. The summed E-state index contributed by atoms with van der Waals surface area (Å²) < 4.78 is 0. The number of nitrogens with one attached hydrogen (secondary N) is 1. The van der Waals surface area contributed by atoms with Crippen molar-refractivity contribution < 1.29 is 0 Å². The lowest BCUT2D eigenvalue weighted by Crippen LogP contribution is -2.24. The average Bonchev–Trinajstić information content (AvgIpc) is 2.87. The molecule has 0 radical (unpaired) electrons. The maximum absolute atomic E-state index is 4.09. The highest BCUT2D eigenvalue weighted by Gasteiger charge is 2.34. The molecule has 3 unspecified atom stereocenters. The van der Waals surface area contributed by atoms with Crippen molar-refractivity contribution in [2.24, 2.45) is 11.8 Å². The Morgan fingerprint density at radius 1 is 1.40 bits per heavy atom. The van der Waals surface area contributed by atoms with E-state index in [0.717, 1.165) is 17.1 Å². The zero-order chi connectivity index (χ0) is 10.1. The zero-order valence-corrected chi connectivity index (χ0v) is 9.80. The monoisotopic (exact) mass is 222 g/mol. The van der Waals surface area contributed by atoms with Gasteiger partial charge in [0.05, 0.1) is 6.33 Å². The second kappa shape index (κ2) is 4.20. The van der Waals surface area contributed by atoms with E-state index < -0.39 is 0 Å². The minimum absolute atomic E-state index is 0.908. The van der Waals surface area contributed by atoms with Crippen molar-refractivity contribution in [3.8, 4) is 0 Å². The number of imidazole rings is 1. The van der Waals surface area contributed by atoms with Crippen LogP contribution in [0.1, 0.15) is 31.4 Å². The second-order valence-electron chi connectivity index (χ2n) is 4.92. The Hall–Kier alpha value is -0.440. The van der Waals surface area contributed by atoms with Crippen molar-refractivity contribution in [2.45, 2.75) is 37.4 Å². The third kappa shape index (κ3) is 2.07. The quantitative estimate of drug-likeness (QED) is 0.833. The molecular weight excluding hydrogens is 204 g/mol. The highest BCUT2D eigenvalue weighted by Crippen LogP contribution is 2.44. The Morgan fingerprint density at radius 2 is 2.40 bits per heavy atom. The topological polar surface area (TPSA) is 28.7 Å². The number of hydrogen-bond donors (Lipinski definition) is 1. The van der Waals surface area contributed by atoms with Gasteiger partial charge in [-0.25, -0.2) is 4.98 Å². The van der Waals surface area contributed by atoms with Gasteiger partial charge in [0, 0.05) is 17.1 Å². The first-order valence-corrected chi connectivity index (χ1v) is 7.05. The summed E-state index contributed by atoms with van der Waals surface area (Å²) in [7, 11) is 0. The number of fused-ring (bicyclic) bond motifs is 1. The van der Waals surface area contributed by atoms with Crippen LogP contribution in [0, 0.1) is 11.8 Å². The van der Waals surface area contributed by atoms with Crippen molar-refractivity contribution in [1.29, 1.82) is 0 Å².